The lowest BCUT2D eigenvalue weighted by Gasteiger charge is -2.50. The van der Waals surface area contributed by atoms with E-state index in [1.54, 1.807) is 11.3 Å². The molecule has 122 valence electrons. The molecule has 3 heterocycles. The van der Waals surface area contributed by atoms with Crippen LogP contribution < -0.4 is 0 Å². The number of rotatable bonds is 6. The van der Waals surface area contributed by atoms with Crippen LogP contribution in [0.3, 0.4) is 0 Å². The highest BCUT2D eigenvalue weighted by molar-refractivity contribution is 7.09. The Labute approximate surface area is 137 Å². The molecule has 2 aliphatic heterocycles. The van der Waals surface area contributed by atoms with E-state index in [1.165, 1.54) is 12.1 Å². The van der Waals surface area contributed by atoms with Crippen molar-refractivity contribution in [2.45, 2.75) is 38.8 Å². The van der Waals surface area contributed by atoms with Gasteiger partial charge in [0.05, 0.1) is 30.0 Å². The maximum Gasteiger partial charge on any atom is 0.0897 e. The Bertz CT molecular complexity index is 505. The number of ether oxygens (including phenoxy) is 2. The van der Waals surface area contributed by atoms with Gasteiger partial charge in [0.15, 0.2) is 0 Å². The van der Waals surface area contributed by atoms with Gasteiger partial charge in [-0.25, -0.2) is 4.98 Å². The minimum Gasteiger partial charge on any atom is -0.377 e. The maximum atomic E-state index is 6.07. The Morgan fingerprint density at radius 1 is 1.64 bits per heavy atom. The van der Waals surface area contributed by atoms with E-state index >= 15 is 0 Å². The number of hydrogen-bond acceptors (Lipinski definition) is 5. The molecule has 0 saturated carbocycles. The molecule has 0 bridgehead atoms. The SMILES string of the molecule is C=CCOC[C@]12CCCO[C@@H]1CCN(Cc1csc(C)n1)C2. The summed E-state index contributed by atoms with van der Waals surface area (Å²) in [5, 5.41) is 3.33. The number of likely N-dealkylation sites (tertiary alicyclic amines) is 1. The van der Waals surface area contributed by atoms with Crippen molar-refractivity contribution in [1.82, 2.24) is 9.88 Å². The van der Waals surface area contributed by atoms with Gasteiger partial charge < -0.3 is 9.47 Å². The first-order valence-corrected chi connectivity index (χ1v) is 9.03. The lowest BCUT2D eigenvalue weighted by atomic mass is 9.73. The van der Waals surface area contributed by atoms with Crippen molar-refractivity contribution in [3.8, 4) is 0 Å². The molecule has 5 heteroatoms. The van der Waals surface area contributed by atoms with Crippen molar-refractivity contribution in [2.75, 3.05) is 32.9 Å². The van der Waals surface area contributed by atoms with E-state index in [9.17, 15) is 0 Å². The maximum absolute atomic E-state index is 6.07. The monoisotopic (exact) mass is 322 g/mol. The number of nitrogens with zero attached hydrogens (tertiary/aromatic N) is 2. The van der Waals surface area contributed by atoms with Crippen LogP contribution in [-0.2, 0) is 16.0 Å². The Morgan fingerprint density at radius 3 is 3.32 bits per heavy atom. The van der Waals surface area contributed by atoms with Crippen LogP contribution >= 0.6 is 11.3 Å². The van der Waals surface area contributed by atoms with Gasteiger partial charge in [0.25, 0.3) is 0 Å². The summed E-state index contributed by atoms with van der Waals surface area (Å²) in [6.45, 7) is 11.2. The molecule has 2 fully saturated rings. The summed E-state index contributed by atoms with van der Waals surface area (Å²) in [4.78, 5) is 7.13. The van der Waals surface area contributed by atoms with Crippen LogP contribution in [0.1, 0.15) is 30.0 Å². The Hall–Kier alpha value is -0.750. The second-order valence-corrected chi connectivity index (χ2v) is 7.55. The highest BCUT2D eigenvalue weighted by Crippen LogP contribution is 2.40. The molecule has 0 aromatic carbocycles. The molecule has 0 N–H and O–H groups in total. The molecule has 2 aliphatic rings. The Morgan fingerprint density at radius 2 is 2.55 bits per heavy atom. The smallest absolute Gasteiger partial charge is 0.0897 e. The predicted octanol–water partition coefficient (Wildman–Crippen LogP) is 3.03. The third-order valence-corrected chi connectivity index (χ3v) is 5.57. The normalized spacial score (nSPS) is 29.2. The highest BCUT2D eigenvalue weighted by atomic mass is 32.1. The molecule has 4 nitrogen and oxygen atoms in total. The quantitative estimate of drug-likeness (QED) is 0.596. The minimum absolute atomic E-state index is 0.143. The summed E-state index contributed by atoms with van der Waals surface area (Å²) in [5.41, 5.74) is 1.34. The van der Waals surface area contributed by atoms with Gasteiger partial charge in [0, 0.05) is 37.0 Å². The second kappa shape index (κ2) is 7.21. The second-order valence-electron chi connectivity index (χ2n) is 6.49. The largest absolute Gasteiger partial charge is 0.377 e. The molecule has 22 heavy (non-hydrogen) atoms. The minimum atomic E-state index is 0.143. The fourth-order valence-electron chi connectivity index (χ4n) is 3.78. The number of fused-ring (bicyclic) bond motifs is 1. The molecule has 1 aromatic heterocycles. The van der Waals surface area contributed by atoms with Gasteiger partial charge in [-0.3, -0.25) is 4.90 Å². The Kier molecular flexibility index (Phi) is 5.29. The number of thiazole rings is 1. The molecule has 0 spiro atoms. The van der Waals surface area contributed by atoms with Crippen molar-refractivity contribution < 1.29 is 9.47 Å². The van der Waals surface area contributed by atoms with Gasteiger partial charge in [-0.2, -0.15) is 0 Å². The summed E-state index contributed by atoms with van der Waals surface area (Å²) < 4.78 is 11.9. The summed E-state index contributed by atoms with van der Waals surface area (Å²) in [6.07, 6.45) is 5.60. The average molecular weight is 322 g/mol. The van der Waals surface area contributed by atoms with Crippen LogP contribution in [0.2, 0.25) is 0 Å². The summed E-state index contributed by atoms with van der Waals surface area (Å²) in [5.74, 6) is 0. The zero-order chi connectivity index (χ0) is 15.4. The van der Waals surface area contributed by atoms with E-state index in [4.69, 9.17) is 9.47 Å². The summed E-state index contributed by atoms with van der Waals surface area (Å²) >= 11 is 1.73. The van der Waals surface area contributed by atoms with Crippen molar-refractivity contribution in [3.63, 3.8) is 0 Å². The van der Waals surface area contributed by atoms with Crippen LogP contribution in [0.5, 0.6) is 0 Å². The predicted molar refractivity (Wildman–Crippen MR) is 89.2 cm³/mol. The van der Waals surface area contributed by atoms with Gasteiger partial charge in [0.1, 0.15) is 0 Å². The molecule has 3 rings (SSSR count). The van der Waals surface area contributed by atoms with Crippen LogP contribution in [0.25, 0.3) is 0 Å². The van der Waals surface area contributed by atoms with Gasteiger partial charge >= 0.3 is 0 Å². The number of piperidine rings is 1. The zero-order valence-electron chi connectivity index (χ0n) is 13.4. The third-order valence-electron chi connectivity index (χ3n) is 4.74. The molecule has 0 amide bonds. The number of hydrogen-bond donors (Lipinski definition) is 0. The van der Waals surface area contributed by atoms with E-state index in [0.717, 1.165) is 50.7 Å². The van der Waals surface area contributed by atoms with Crippen LogP contribution in [0.15, 0.2) is 18.0 Å². The fraction of sp³-hybridized carbons (Fsp3) is 0.706. The molecule has 0 unspecified atom stereocenters. The van der Waals surface area contributed by atoms with Gasteiger partial charge in [-0.15, -0.1) is 17.9 Å². The number of aryl methyl sites for hydroxylation is 1. The van der Waals surface area contributed by atoms with Gasteiger partial charge in [-0.05, 0) is 26.2 Å². The molecule has 2 atom stereocenters. The summed E-state index contributed by atoms with van der Waals surface area (Å²) in [7, 11) is 0. The lowest BCUT2D eigenvalue weighted by Crippen LogP contribution is -2.56. The topological polar surface area (TPSA) is 34.6 Å². The standard InChI is InChI=1S/C17H26N2O2S/c1-3-8-20-13-17-6-4-9-21-16(17)5-7-19(12-17)10-15-11-22-14(2)18-15/h3,11,16H,1,4-10,12-13H2,2H3/t16-,17-/m1/s1. The summed E-state index contributed by atoms with van der Waals surface area (Å²) in [6, 6.07) is 0. The first-order chi connectivity index (χ1) is 10.7. The van der Waals surface area contributed by atoms with Crippen LogP contribution in [0, 0.1) is 12.3 Å². The average Bonchev–Trinajstić information content (AvgIpc) is 2.92. The fourth-order valence-corrected chi connectivity index (χ4v) is 4.39. The molecular formula is C17H26N2O2S. The van der Waals surface area contributed by atoms with Crippen molar-refractivity contribution in [3.05, 3.63) is 28.7 Å². The molecule has 1 aromatic rings. The van der Waals surface area contributed by atoms with Crippen molar-refractivity contribution >= 4 is 11.3 Å². The van der Waals surface area contributed by atoms with Crippen molar-refractivity contribution in [2.24, 2.45) is 5.41 Å². The van der Waals surface area contributed by atoms with E-state index in [2.05, 4.69) is 28.8 Å². The molecular weight excluding hydrogens is 296 g/mol. The highest BCUT2D eigenvalue weighted by Gasteiger charge is 2.46. The van der Waals surface area contributed by atoms with Crippen LogP contribution in [-0.4, -0.2) is 48.9 Å². The van der Waals surface area contributed by atoms with E-state index in [1.807, 2.05) is 6.08 Å². The zero-order valence-corrected chi connectivity index (χ0v) is 14.2. The third kappa shape index (κ3) is 3.59. The van der Waals surface area contributed by atoms with Gasteiger partial charge in [0.2, 0.25) is 0 Å². The first kappa shape index (κ1) is 16.1. The molecule has 2 saturated heterocycles. The van der Waals surface area contributed by atoms with E-state index in [0.29, 0.717) is 12.7 Å². The van der Waals surface area contributed by atoms with Gasteiger partial charge in [-0.1, -0.05) is 6.08 Å². The lowest BCUT2D eigenvalue weighted by molar-refractivity contribution is -0.152. The van der Waals surface area contributed by atoms with E-state index in [-0.39, 0.29) is 5.41 Å². The van der Waals surface area contributed by atoms with E-state index < -0.39 is 0 Å². The van der Waals surface area contributed by atoms with Crippen LogP contribution in [0.4, 0.5) is 0 Å². The van der Waals surface area contributed by atoms with Crippen molar-refractivity contribution in [1.29, 1.82) is 0 Å². The number of aromatic nitrogens is 1. The molecule has 0 aliphatic carbocycles. The first-order valence-electron chi connectivity index (χ1n) is 8.15. The molecule has 0 radical (unpaired) electrons. The Balaban J connectivity index is 1.66.